The summed E-state index contributed by atoms with van der Waals surface area (Å²) in [5.74, 6) is 0.648. The van der Waals surface area contributed by atoms with E-state index in [0.29, 0.717) is 5.95 Å². The molecule has 78 valence electrons. The molecule has 0 radical (unpaired) electrons. The van der Waals surface area contributed by atoms with E-state index in [1.807, 2.05) is 26.8 Å². The maximum absolute atomic E-state index is 5.34. The highest BCUT2D eigenvalue weighted by Crippen LogP contribution is 2.21. The van der Waals surface area contributed by atoms with Gasteiger partial charge in [-0.25, -0.2) is 9.97 Å². The third-order valence-corrected chi connectivity index (χ3v) is 2.12. The molecule has 0 unspecified atom stereocenters. The fraction of sp³-hybridized carbons (Fsp3) is 0.600. The van der Waals surface area contributed by atoms with Gasteiger partial charge in [-0.1, -0.05) is 0 Å². The highest BCUT2D eigenvalue weighted by molar-refractivity contribution is 5.26. The van der Waals surface area contributed by atoms with E-state index in [0.717, 1.165) is 12.2 Å². The molecule has 0 saturated heterocycles. The Morgan fingerprint density at radius 3 is 2.79 bits per heavy atom. The molecule has 0 atom stereocenters. The van der Waals surface area contributed by atoms with Crippen molar-refractivity contribution in [1.82, 2.24) is 9.97 Å². The van der Waals surface area contributed by atoms with Crippen molar-refractivity contribution in [2.45, 2.75) is 26.4 Å². The normalized spacial score (nSPS) is 11.4. The first-order chi connectivity index (χ1) is 6.60. The summed E-state index contributed by atoms with van der Waals surface area (Å²) in [5.41, 5.74) is 0.513. The van der Waals surface area contributed by atoms with Crippen molar-refractivity contribution in [3.8, 4) is 0 Å². The maximum atomic E-state index is 5.34. The summed E-state index contributed by atoms with van der Waals surface area (Å²) in [6.45, 7) is 6.78. The summed E-state index contributed by atoms with van der Waals surface area (Å²) in [6.07, 6.45) is 1.74. The van der Waals surface area contributed by atoms with E-state index in [1.165, 1.54) is 0 Å². The number of aromatic nitrogens is 2. The van der Waals surface area contributed by atoms with E-state index in [-0.39, 0.29) is 5.60 Å². The van der Waals surface area contributed by atoms with Crippen LogP contribution in [0, 0.1) is 0 Å². The molecule has 0 aliphatic carbocycles. The Balaban J connectivity index is 2.93. The largest absolute Gasteiger partial charge is 0.373 e. The lowest BCUT2D eigenvalue weighted by atomic mass is 10.1. The number of rotatable bonds is 4. The number of hydrogen-bond donors (Lipinski definition) is 1. The van der Waals surface area contributed by atoms with Crippen molar-refractivity contribution >= 4 is 5.95 Å². The lowest BCUT2D eigenvalue weighted by Gasteiger charge is -2.22. The molecule has 1 heterocycles. The van der Waals surface area contributed by atoms with E-state index in [1.54, 1.807) is 13.3 Å². The summed E-state index contributed by atoms with van der Waals surface area (Å²) in [7, 11) is 1.68. The Morgan fingerprint density at radius 2 is 2.21 bits per heavy atom. The van der Waals surface area contributed by atoms with Gasteiger partial charge in [0.2, 0.25) is 5.95 Å². The van der Waals surface area contributed by atoms with Crippen LogP contribution in [0.4, 0.5) is 5.95 Å². The molecule has 0 bridgehead atoms. The average molecular weight is 195 g/mol. The Bertz CT molecular complexity index is 299. The Morgan fingerprint density at radius 1 is 1.50 bits per heavy atom. The minimum atomic E-state index is -0.368. The number of methoxy groups -OCH3 is 1. The van der Waals surface area contributed by atoms with Gasteiger partial charge in [-0.05, 0) is 26.8 Å². The Kier molecular flexibility index (Phi) is 3.41. The molecular formula is C10H17N3O. The van der Waals surface area contributed by atoms with Gasteiger partial charge in [0.25, 0.3) is 0 Å². The van der Waals surface area contributed by atoms with Crippen LogP contribution in [0.3, 0.4) is 0 Å². The minimum absolute atomic E-state index is 0.368. The monoisotopic (exact) mass is 195 g/mol. The van der Waals surface area contributed by atoms with E-state index in [2.05, 4.69) is 15.3 Å². The van der Waals surface area contributed by atoms with Gasteiger partial charge >= 0.3 is 0 Å². The molecule has 1 N–H and O–H groups in total. The SMILES string of the molecule is CCNc1nccc(C(C)(C)OC)n1. The van der Waals surface area contributed by atoms with Crippen LogP contribution in [0.15, 0.2) is 12.3 Å². The molecule has 14 heavy (non-hydrogen) atoms. The zero-order valence-corrected chi connectivity index (χ0v) is 9.16. The first-order valence-electron chi connectivity index (χ1n) is 4.72. The van der Waals surface area contributed by atoms with E-state index >= 15 is 0 Å². The minimum Gasteiger partial charge on any atom is -0.373 e. The summed E-state index contributed by atoms with van der Waals surface area (Å²) < 4.78 is 5.34. The second kappa shape index (κ2) is 4.37. The smallest absolute Gasteiger partial charge is 0.222 e. The van der Waals surface area contributed by atoms with Crippen LogP contribution in [-0.2, 0) is 10.3 Å². The Hall–Kier alpha value is -1.16. The highest BCUT2D eigenvalue weighted by atomic mass is 16.5. The van der Waals surface area contributed by atoms with Crippen LogP contribution in [0.25, 0.3) is 0 Å². The molecule has 0 saturated carbocycles. The molecular weight excluding hydrogens is 178 g/mol. The predicted octanol–water partition coefficient (Wildman–Crippen LogP) is 1.79. The van der Waals surface area contributed by atoms with Crippen LogP contribution < -0.4 is 5.32 Å². The van der Waals surface area contributed by atoms with Crippen LogP contribution in [0.2, 0.25) is 0 Å². The zero-order chi connectivity index (χ0) is 10.6. The molecule has 4 nitrogen and oxygen atoms in total. The quantitative estimate of drug-likeness (QED) is 0.795. The van der Waals surface area contributed by atoms with Gasteiger partial charge in [0, 0.05) is 19.9 Å². The first-order valence-corrected chi connectivity index (χ1v) is 4.72. The van der Waals surface area contributed by atoms with Gasteiger partial charge in [-0.3, -0.25) is 0 Å². The van der Waals surface area contributed by atoms with Crippen molar-refractivity contribution in [3.63, 3.8) is 0 Å². The summed E-state index contributed by atoms with van der Waals surface area (Å²) >= 11 is 0. The predicted molar refractivity (Wildman–Crippen MR) is 56.2 cm³/mol. The van der Waals surface area contributed by atoms with E-state index in [9.17, 15) is 0 Å². The Labute approximate surface area is 84.7 Å². The maximum Gasteiger partial charge on any atom is 0.222 e. The van der Waals surface area contributed by atoms with Gasteiger partial charge in [0.05, 0.1) is 5.69 Å². The van der Waals surface area contributed by atoms with Gasteiger partial charge in [0.15, 0.2) is 0 Å². The number of hydrogen-bond acceptors (Lipinski definition) is 4. The van der Waals surface area contributed by atoms with Crippen LogP contribution in [-0.4, -0.2) is 23.6 Å². The summed E-state index contributed by atoms with van der Waals surface area (Å²) in [4.78, 5) is 8.46. The van der Waals surface area contributed by atoms with Gasteiger partial charge in [0.1, 0.15) is 5.60 Å². The van der Waals surface area contributed by atoms with Crippen LogP contribution >= 0.6 is 0 Å². The number of ether oxygens (including phenoxy) is 1. The van der Waals surface area contributed by atoms with Gasteiger partial charge < -0.3 is 10.1 Å². The molecule has 0 aromatic carbocycles. The van der Waals surface area contributed by atoms with E-state index in [4.69, 9.17) is 4.74 Å². The molecule has 4 heteroatoms. The van der Waals surface area contributed by atoms with E-state index < -0.39 is 0 Å². The molecule has 0 aliphatic rings. The van der Waals surface area contributed by atoms with Crippen molar-refractivity contribution < 1.29 is 4.74 Å². The van der Waals surface area contributed by atoms with Crippen LogP contribution in [0.5, 0.6) is 0 Å². The molecule has 1 aromatic heterocycles. The molecule has 1 rings (SSSR count). The first kappa shape index (κ1) is 10.9. The summed E-state index contributed by atoms with van der Waals surface area (Å²) in [6, 6.07) is 1.87. The fourth-order valence-corrected chi connectivity index (χ4v) is 1.04. The lowest BCUT2D eigenvalue weighted by Crippen LogP contribution is -2.21. The topological polar surface area (TPSA) is 47.0 Å². The summed E-state index contributed by atoms with van der Waals surface area (Å²) in [5, 5.41) is 3.07. The lowest BCUT2D eigenvalue weighted by molar-refractivity contribution is 0.0155. The number of nitrogens with one attached hydrogen (secondary N) is 1. The second-order valence-corrected chi connectivity index (χ2v) is 3.51. The average Bonchev–Trinajstić information content (AvgIpc) is 2.19. The van der Waals surface area contributed by atoms with Crippen LogP contribution in [0.1, 0.15) is 26.5 Å². The number of nitrogens with zero attached hydrogens (tertiary/aromatic N) is 2. The van der Waals surface area contributed by atoms with Crippen molar-refractivity contribution in [1.29, 1.82) is 0 Å². The standard InChI is InChI=1S/C10H17N3O/c1-5-11-9-12-7-6-8(13-9)10(2,3)14-4/h6-7H,5H2,1-4H3,(H,11,12,13). The fourth-order valence-electron chi connectivity index (χ4n) is 1.04. The molecule has 0 amide bonds. The molecule has 0 aliphatic heterocycles. The second-order valence-electron chi connectivity index (χ2n) is 3.51. The third-order valence-electron chi connectivity index (χ3n) is 2.12. The number of anilines is 1. The molecule has 0 fully saturated rings. The zero-order valence-electron chi connectivity index (χ0n) is 9.16. The van der Waals surface area contributed by atoms with Crippen molar-refractivity contribution in [2.24, 2.45) is 0 Å². The van der Waals surface area contributed by atoms with Gasteiger partial charge in [-0.2, -0.15) is 0 Å². The molecule has 1 aromatic rings. The molecule has 0 spiro atoms. The third kappa shape index (κ3) is 2.42. The van der Waals surface area contributed by atoms with Crippen molar-refractivity contribution in [2.75, 3.05) is 19.0 Å². The highest BCUT2D eigenvalue weighted by Gasteiger charge is 2.21. The van der Waals surface area contributed by atoms with Gasteiger partial charge in [-0.15, -0.1) is 0 Å². The van der Waals surface area contributed by atoms with Crippen molar-refractivity contribution in [3.05, 3.63) is 18.0 Å².